The van der Waals surface area contributed by atoms with E-state index in [-0.39, 0.29) is 5.75 Å². The number of benzene rings is 3. The fraction of sp³-hybridized carbons (Fsp3) is 0.143. The maximum atomic E-state index is 12.6. The normalized spacial score (nSPS) is 15.3. The molecule has 0 aliphatic carbocycles. The third-order valence-corrected chi connectivity index (χ3v) is 4.38. The minimum absolute atomic E-state index is 0.311. The second-order valence-electron chi connectivity index (χ2n) is 6.06. The van der Waals surface area contributed by atoms with Crippen molar-refractivity contribution in [3.63, 3.8) is 0 Å². The summed E-state index contributed by atoms with van der Waals surface area (Å²) in [7, 11) is 1.58. The van der Waals surface area contributed by atoms with Gasteiger partial charge < -0.3 is 14.2 Å². The molecule has 0 saturated carbocycles. The molecule has 0 amide bonds. The Morgan fingerprint density at radius 3 is 2.26 bits per heavy atom. The van der Waals surface area contributed by atoms with Crippen LogP contribution in [-0.4, -0.2) is 13.5 Å². The topological polar surface area (TPSA) is 27.7 Å². The molecular formula is C21H15F3O3. The van der Waals surface area contributed by atoms with E-state index >= 15 is 0 Å². The number of hydrogen-bond donors (Lipinski definition) is 0. The van der Waals surface area contributed by atoms with Crippen LogP contribution < -0.4 is 14.2 Å². The zero-order valence-corrected chi connectivity index (χ0v) is 14.3. The van der Waals surface area contributed by atoms with Crippen molar-refractivity contribution < 1.29 is 27.4 Å². The van der Waals surface area contributed by atoms with Gasteiger partial charge in [0.05, 0.1) is 7.11 Å². The summed E-state index contributed by atoms with van der Waals surface area (Å²) in [6.07, 6.45) is -5.20. The molecule has 1 aliphatic heterocycles. The summed E-state index contributed by atoms with van der Waals surface area (Å²) in [6, 6.07) is 19.2. The van der Waals surface area contributed by atoms with E-state index in [1.165, 1.54) is 12.1 Å². The van der Waals surface area contributed by atoms with E-state index in [2.05, 4.69) is 4.74 Å². The third-order valence-electron chi connectivity index (χ3n) is 4.38. The fourth-order valence-electron chi connectivity index (χ4n) is 3.21. The minimum Gasteiger partial charge on any atom is -0.497 e. The van der Waals surface area contributed by atoms with E-state index in [4.69, 9.17) is 9.47 Å². The molecule has 1 atom stereocenters. The summed E-state index contributed by atoms with van der Waals surface area (Å²) >= 11 is 0. The van der Waals surface area contributed by atoms with Crippen LogP contribution in [0, 0.1) is 0 Å². The lowest BCUT2D eigenvalue weighted by molar-refractivity contribution is -0.274. The zero-order chi connectivity index (χ0) is 19.0. The van der Waals surface area contributed by atoms with E-state index in [0.29, 0.717) is 11.5 Å². The summed E-state index contributed by atoms with van der Waals surface area (Å²) in [5.41, 5.74) is 3.46. The summed E-state index contributed by atoms with van der Waals surface area (Å²) in [5.74, 6) is 0.745. The standard InChI is InChI=1S/C21H15F3O3/c1-25-14-8-6-13(7-9-14)20-18-5-3-2-4-16(18)17-11-10-15(12-19(17)26-20)27-21(22,23)24/h2-12,20H,1H3. The van der Waals surface area contributed by atoms with Crippen LogP contribution in [-0.2, 0) is 0 Å². The molecule has 4 rings (SSSR count). The van der Waals surface area contributed by atoms with Crippen LogP contribution in [0.1, 0.15) is 17.2 Å². The van der Waals surface area contributed by atoms with Crippen LogP contribution in [0.5, 0.6) is 17.2 Å². The zero-order valence-electron chi connectivity index (χ0n) is 14.3. The number of hydrogen-bond acceptors (Lipinski definition) is 3. The van der Waals surface area contributed by atoms with Gasteiger partial charge in [-0.25, -0.2) is 0 Å². The SMILES string of the molecule is COc1ccc(C2Oc3cc(OC(F)(F)F)ccc3-c3ccccc32)cc1. The number of alkyl halides is 3. The average Bonchev–Trinajstić information content (AvgIpc) is 2.66. The Labute approximate surface area is 153 Å². The van der Waals surface area contributed by atoms with Crippen LogP contribution in [0.2, 0.25) is 0 Å². The first-order chi connectivity index (χ1) is 12.9. The molecule has 0 fully saturated rings. The molecule has 0 bridgehead atoms. The molecule has 1 unspecified atom stereocenters. The molecule has 138 valence electrons. The highest BCUT2D eigenvalue weighted by atomic mass is 19.4. The number of fused-ring (bicyclic) bond motifs is 3. The van der Waals surface area contributed by atoms with Crippen molar-refractivity contribution in [2.24, 2.45) is 0 Å². The molecule has 3 nitrogen and oxygen atoms in total. The van der Waals surface area contributed by atoms with E-state index in [1.54, 1.807) is 13.2 Å². The van der Waals surface area contributed by atoms with Crippen molar-refractivity contribution in [1.82, 2.24) is 0 Å². The molecule has 27 heavy (non-hydrogen) atoms. The monoisotopic (exact) mass is 372 g/mol. The largest absolute Gasteiger partial charge is 0.573 e. The highest BCUT2D eigenvalue weighted by Crippen LogP contribution is 2.46. The maximum Gasteiger partial charge on any atom is 0.573 e. The molecule has 1 aliphatic rings. The van der Waals surface area contributed by atoms with E-state index in [1.807, 2.05) is 48.5 Å². The Balaban J connectivity index is 1.78. The van der Waals surface area contributed by atoms with Gasteiger partial charge in [0, 0.05) is 17.2 Å². The molecular weight excluding hydrogens is 357 g/mol. The highest BCUT2D eigenvalue weighted by molar-refractivity contribution is 5.77. The molecule has 0 radical (unpaired) electrons. The van der Waals surface area contributed by atoms with E-state index in [0.717, 1.165) is 22.3 Å². The van der Waals surface area contributed by atoms with E-state index in [9.17, 15) is 13.2 Å². The Bertz CT molecular complexity index is 965. The first-order valence-electron chi connectivity index (χ1n) is 8.24. The van der Waals surface area contributed by atoms with Gasteiger partial charge in [-0.3, -0.25) is 0 Å². The van der Waals surface area contributed by atoms with Crippen LogP contribution in [0.4, 0.5) is 13.2 Å². The van der Waals surface area contributed by atoms with Crippen molar-refractivity contribution in [3.05, 3.63) is 77.9 Å². The second-order valence-corrected chi connectivity index (χ2v) is 6.06. The first-order valence-corrected chi connectivity index (χ1v) is 8.24. The molecule has 0 spiro atoms. The number of ether oxygens (including phenoxy) is 3. The molecule has 1 heterocycles. The fourth-order valence-corrected chi connectivity index (χ4v) is 3.21. The van der Waals surface area contributed by atoms with Gasteiger partial charge in [0.25, 0.3) is 0 Å². The van der Waals surface area contributed by atoms with Crippen LogP contribution in [0.25, 0.3) is 11.1 Å². The predicted molar refractivity (Wildman–Crippen MR) is 94.0 cm³/mol. The average molecular weight is 372 g/mol. The van der Waals surface area contributed by atoms with Gasteiger partial charge in [-0.15, -0.1) is 13.2 Å². The number of halogens is 3. The van der Waals surface area contributed by atoms with Crippen molar-refractivity contribution in [2.45, 2.75) is 12.5 Å². The van der Waals surface area contributed by atoms with Gasteiger partial charge in [0.1, 0.15) is 23.4 Å². The van der Waals surface area contributed by atoms with Gasteiger partial charge in [-0.2, -0.15) is 0 Å². The quantitative estimate of drug-likeness (QED) is 0.587. The lowest BCUT2D eigenvalue weighted by Gasteiger charge is -2.29. The van der Waals surface area contributed by atoms with Gasteiger partial charge in [-0.1, -0.05) is 36.4 Å². The van der Waals surface area contributed by atoms with E-state index < -0.39 is 12.5 Å². The van der Waals surface area contributed by atoms with Crippen LogP contribution in [0.15, 0.2) is 66.7 Å². The molecule has 0 saturated heterocycles. The van der Waals surface area contributed by atoms with Crippen molar-refractivity contribution in [3.8, 4) is 28.4 Å². The Morgan fingerprint density at radius 2 is 1.56 bits per heavy atom. The van der Waals surface area contributed by atoms with Crippen molar-refractivity contribution in [1.29, 1.82) is 0 Å². The summed E-state index contributed by atoms with van der Waals surface area (Å²) < 4.78 is 52.9. The molecule has 3 aromatic carbocycles. The lowest BCUT2D eigenvalue weighted by Crippen LogP contribution is -2.18. The Kier molecular flexibility index (Phi) is 4.18. The first kappa shape index (κ1) is 17.3. The summed E-state index contributed by atoms with van der Waals surface area (Å²) in [5, 5.41) is 0. The van der Waals surface area contributed by atoms with Crippen LogP contribution >= 0.6 is 0 Å². The number of rotatable bonds is 3. The summed E-state index contributed by atoms with van der Waals surface area (Å²) in [6.45, 7) is 0. The van der Waals surface area contributed by atoms with Crippen molar-refractivity contribution in [2.75, 3.05) is 7.11 Å². The van der Waals surface area contributed by atoms with Gasteiger partial charge >= 0.3 is 6.36 Å². The number of methoxy groups -OCH3 is 1. The minimum atomic E-state index is -4.75. The molecule has 3 aromatic rings. The molecule has 0 N–H and O–H groups in total. The van der Waals surface area contributed by atoms with Gasteiger partial charge in [-0.05, 0) is 35.4 Å². The Morgan fingerprint density at radius 1 is 0.852 bits per heavy atom. The highest BCUT2D eigenvalue weighted by Gasteiger charge is 2.33. The van der Waals surface area contributed by atoms with Crippen LogP contribution in [0.3, 0.4) is 0 Å². The molecule has 6 heteroatoms. The lowest BCUT2D eigenvalue weighted by atomic mass is 9.89. The predicted octanol–water partition coefficient (Wildman–Crippen LogP) is 5.74. The maximum absolute atomic E-state index is 12.6. The van der Waals surface area contributed by atoms with Gasteiger partial charge in [0.15, 0.2) is 0 Å². The van der Waals surface area contributed by atoms with Gasteiger partial charge in [0.2, 0.25) is 0 Å². The Hall–Kier alpha value is -3.15. The second kappa shape index (κ2) is 6.54. The smallest absolute Gasteiger partial charge is 0.497 e. The van der Waals surface area contributed by atoms with Crippen molar-refractivity contribution >= 4 is 0 Å². The third kappa shape index (κ3) is 3.43. The molecule has 0 aromatic heterocycles. The summed E-state index contributed by atoms with van der Waals surface area (Å²) in [4.78, 5) is 0.